The number of anilines is 1. The molecular weight excluding hydrogens is 260 g/mol. The van der Waals surface area contributed by atoms with Crippen molar-refractivity contribution < 1.29 is 4.92 Å². The van der Waals surface area contributed by atoms with Crippen molar-refractivity contribution in [2.45, 2.75) is 6.54 Å². The third-order valence-corrected chi connectivity index (χ3v) is 3.01. The Bertz CT molecular complexity index is 775. The summed E-state index contributed by atoms with van der Waals surface area (Å²) in [5.74, 6) is 1.43. The third kappa shape index (κ3) is 2.18. The molecule has 3 rings (SSSR count). The number of hydrogen-bond donors (Lipinski definition) is 2. The number of nitro benzene ring substituents is 1. The number of hydrogen-bond acceptors (Lipinski definition) is 5. The van der Waals surface area contributed by atoms with Crippen molar-refractivity contribution in [1.82, 2.24) is 19.5 Å². The number of nitrogens with one attached hydrogen (secondary N) is 2. The zero-order chi connectivity index (χ0) is 14.1. The van der Waals surface area contributed by atoms with E-state index in [1.165, 1.54) is 12.1 Å². The molecule has 0 saturated carbocycles. The summed E-state index contributed by atoms with van der Waals surface area (Å²) in [5.41, 5.74) is 1.34. The predicted molar refractivity (Wildman–Crippen MR) is 73.3 cm³/mol. The average Bonchev–Trinajstić information content (AvgIpc) is 3.00. The Morgan fingerprint density at radius 1 is 1.50 bits per heavy atom. The van der Waals surface area contributed by atoms with Crippen LogP contribution in [0.15, 0.2) is 30.6 Å². The van der Waals surface area contributed by atoms with Gasteiger partial charge in [0.15, 0.2) is 0 Å². The van der Waals surface area contributed by atoms with Crippen LogP contribution in [0.25, 0.3) is 11.0 Å². The fraction of sp³-hybridized carbons (Fsp3) is 0.167. The van der Waals surface area contributed by atoms with Gasteiger partial charge >= 0.3 is 0 Å². The molecule has 2 heterocycles. The Hall–Kier alpha value is -2.90. The molecule has 0 bridgehead atoms. The maximum absolute atomic E-state index is 10.7. The van der Waals surface area contributed by atoms with E-state index in [0.717, 1.165) is 5.82 Å². The van der Waals surface area contributed by atoms with Gasteiger partial charge in [-0.25, -0.2) is 9.97 Å². The predicted octanol–water partition coefficient (Wildman–Crippen LogP) is 1.82. The number of H-pyrrole nitrogens is 1. The van der Waals surface area contributed by atoms with E-state index in [4.69, 9.17) is 0 Å². The molecule has 8 heteroatoms. The van der Waals surface area contributed by atoms with Crippen LogP contribution < -0.4 is 5.32 Å². The molecule has 0 saturated heterocycles. The second-order valence-corrected chi connectivity index (χ2v) is 4.35. The standard InChI is InChI=1S/C12H12N6O2/c1-17-5-4-13-11(17)7-14-12-15-9-3-2-8(18(19)20)6-10(9)16-12/h2-6H,7H2,1H3,(H2,14,15,16). The maximum atomic E-state index is 10.7. The Kier molecular flexibility index (Phi) is 2.82. The second kappa shape index (κ2) is 4.65. The molecule has 0 amide bonds. The number of benzene rings is 1. The van der Waals surface area contributed by atoms with Gasteiger partial charge in [-0.2, -0.15) is 0 Å². The smallest absolute Gasteiger partial charge is 0.271 e. The first-order valence-electron chi connectivity index (χ1n) is 5.98. The van der Waals surface area contributed by atoms with Crippen molar-refractivity contribution >= 4 is 22.7 Å². The molecule has 0 radical (unpaired) electrons. The molecule has 0 unspecified atom stereocenters. The molecule has 0 atom stereocenters. The minimum atomic E-state index is -0.429. The molecule has 2 N–H and O–H groups in total. The summed E-state index contributed by atoms with van der Waals surface area (Å²) in [5, 5.41) is 13.8. The van der Waals surface area contributed by atoms with Gasteiger partial charge in [0.2, 0.25) is 5.95 Å². The van der Waals surface area contributed by atoms with Gasteiger partial charge in [0.1, 0.15) is 5.82 Å². The fourth-order valence-electron chi connectivity index (χ4n) is 1.92. The zero-order valence-corrected chi connectivity index (χ0v) is 10.7. The molecule has 20 heavy (non-hydrogen) atoms. The van der Waals surface area contributed by atoms with E-state index in [1.54, 1.807) is 12.3 Å². The summed E-state index contributed by atoms with van der Waals surface area (Å²) in [6.45, 7) is 0.519. The number of aromatic amines is 1. The van der Waals surface area contributed by atoms with Crippen LogP contribution in [-0.4, -0.2) is 24.4 Å². The van der Waals surface area contributed by atoms with Gasteiger partial charge in [-0.1, -0.05) is 0 Å². The van der Waals surface area contributed by atoms with Crippen LogP contribution in [0, 0.1) is 10.1 Å². The summed E-state index contributed by atoms with van der Waals surface area (Å²) in [6, 6.07) is 4.52. The number of nitro groups is 1. The monoisotopic (exact) mass is 272 g/mol. The first-order valence-corrected chi connectivity index (χ1v) is 5.98. The van der Waals surface area contributed by atoms with E-state index in [2.05, 4.69) is 20.3 Å². The summed E-state index contributed by atoms with van der Waals surface area (Å²) >= 11 is 0. The normalized spacial score (nSPS) is 10.8. The van der Waals surface area contributed by atoms with Gasteiger partial charge in [-0.15, -0.1) is 0 Å². The number of fused-ring (bicyclic) bond motifs is 1. The number of imidazole rings is 2. The Morgan fingerprint density at radius 3 is 3.05 bits per heavy atom. The third-order valence-electron chi connectivity index (χ3n) is 3.01. The van der Waals surface area contributed by atoms with Gasteiger partial charge in [-0.3, -0.25) is 10.1 Å². The van der Waals surface area contributed by atoms with E-state index in [9.17, 15) is 10.1 Å². The number of non-ortho nitro benzene ring substituents is 1. The van der Waals surface area contributed by atoms with E-state index in [0.29, 0.717) is 23.5 Å². The molecule has 8 nitrogen and oxygen atoms in total. The molecule has 0 spiro atoms. The molecular formula is C12H12N6O2. The molecule has 0 aliphatic carbocycles. The van der Waals surface area contributed by atoms with Crippen molar-refractivity contribution in [3.63, 3.8) is 0 Å². The minimum absolute atomic E-state index is 0.0387. The quantitative estimate of drug-likeness (QED) is 0.557. The molecule has 0 fully saturated rings. The second-order valence-electron chi connectivity index (χ2n) is 4.35. The zero-order valence-electron chi connectivity index (χ0n) is 10.7. The maximum Gasteiger partial charge on any atom is 0.271 e. The average molecular weight is 272 g/mol. The number of nitrogens with zero attached hydrogens (tertiary/aromatic N) is 4. The largest absolute Gasteiger partial charge is 0.349 e. The lowest BCUT2D eigenvalue weighted by atomic mass is 10.3. The molecule has 3 aromatic rings. The van der Waals surface area contributed by atoms with Gasteiger partial charge in [-0.05, 0) is 6.07 Å². The first-order chi connectivity index (χ1) is 9.63. The summed E-state index contributed by atoms with van der Waals surface area (Å²) in [6.07, 6.45) is 3.58. The molecule has 102 valence electrons. The number of aromatic nitrogens is 4. The summed E-state index contributed by atoms with van der Waals surface area (Å²) in [7, 11) is 1.91. The number of rotatable bonds is 4. The van der Waals surface area contributed by atoms with Crippen molar-refractivity contribution in [3.8, 4) is 0 Å². The Labute approximate surface area is 113 Å². The first kappa shape index (κ1) is 12.2. The molecule has 1 aromatic carbocycles. The van der Waals surface area contributed by atoms with Gasteiger partial charge < -0.3 is 14.9 Å². The highest BCUT2D eigenvalue weighted by Gasteiger charge is 2.09. The Balaban J connectivity index is 1.82. The van der Waals surface area contributed by atoms with Crippen LogP contribution in [0.5, 0.6) is 0 Å². The van der Waals surface area contributed by atoms with Crippen LogP contribution in [0.1, 0.15) is 5.82 Å². The highest BCUT2D eigenvalue weighted by atomic mass is 16.6. The van der Waals surface area contributed by atoms with E-state index < -0.39 is 4.92 Å². The van der Waals surface area contributed by atoms with Crippen molar-refractivity contribution in [2.24, 2.45) is 7.05 Å². The lowest BCUT2D eigenvalue weighted by Crippen LogP contribution is -2.06. The van der Waals surface area contributed by atoms with Gasteiger partial charge in [0.25, 0.3) is 5.69 Å². The van der Waals surface area contributed by atoms with E-state index in [-0.39, 0.29) is 5.69 Å². The molecule has 0 aliphatic heterocycles. The topological polar surface area (TPSA) is 102 Å². The van der Waals surface area contributed by atoms with Crippen LogP contribution in [0.4, 0.5) is 11.6 Å². The van der Waals surface area contributed by atoms with Crippen LogP contribution in [0.2, 0.25) is 0 Å². The van der Waals surface area contributed by atoms with E-state index in [1.807, 2.05) is 17.8 Å². The van der Waals surface area contributed by atoms with Crippen molar-refractivity contribution in [3.05, 3.63) is 46.5 Å². The number of aryl methyl sites for hydroxylation is 1. The molecule has 2 aromatic heterocycles. The summed E-state index contributed by atoms with van der Waals surface area (Å²) in [4.78, 5) is 21.8. The van der Waals surface area contributed by atoms with Crippen LogP contribution in [-0.2, 0) is 13.6 Å². The molecule has 0 aliphatic rings. The summed E-state index contributed by atoms with van der Waals surface area (Å²) < 4.78 is 1.90. The van der Waals surface area contributed by atoms with Gasteiger partial charge in [0.05, 0.1) is 22.5 Å². The highest BCUT2D eigenvalue weighted by Crippen LogP contribution is 2.20. The van der Waals surface area contributed by atoms with Crippen molar-refractivity contribution in [1.29, 1.82) is 0 Å². The fourth-order valence-corrected chi connectivity index (χ4v) is 1.92. The van der Waals surface area contributed by atoms with Crippen molar-refractivity contribution in [2.75, 3.05) is 5.32 Å². The van der Waals surface area contributed by atoms with Crippen LogP contribution in [0.3, 0.4) is 0 Å². The van der Waals surface area contributed by atoms with Gasteiger partial charge in [0, 0.05) is 31.6 Å². The van der Waals surface area contributed by atoms with E-state index >= 15 is 0 Å². The SMILES string of the molecule is Cn1ccnc1CNc1nc2ccc([N+](=O)[O-])cc2[nH]1. The lowest BCUT2D eigenvalue weighted by molar-refractivity contribution is -0.384. The minimum Gasteiger partial charge on any atom is -0.349 e. The lowest BCUT2D eigenvalue weighted by Gasteiger charge is -2.02. The highest BCUT2D eigenvalue weighted by molar-refractivity contribution is 5.79. The van der Waals surface area contributed by atoms with Crippen LogP contribution >= 0.6 is 0 Å². The Morgan fingerprint density at radius 2 is 2.35 bits per heavy atom.